The maximum Gasteiger partial charge on any atom is 0.244 e. The van der Waals surface area contributed by atoms with Gasteiger partial charge in [-0.3, -0.25) is 5.10 Å². The summed E-state index contributed by atoms with van der Waals surface area (Å²) >= 11 is 0. The highest BCUT2D eigenvalue weighted by Crippen LogP contribution is 2.31. The Labute approximate surface area is 120 Å². The van der Waals surface area contributed by atoms with Crippen LogP contribution in [0, 0.1) is 5.92 Å². The number of nitrogens with one attached hydrogen (secondary N) is 1. The zero-order valence-electron chi connectivity index (χ0n) is 12.4. The summed E-state index contributed by atoms with van der Waals surface area (Å²) in [4.78, 5) is 6.89. The van der Waals surface area contributed by atoms with Crippen LogP contribution in [0.1, 0.15) is 44.9 Å². The standard InChI is InChI=1S/C14H25N5O/c1-3-12-10(5-7-20-12)13-16-14(18-17-13)19-6-4-9(2)11(15)8-19/h9-12H,3-8,15H2,1-2H3,(H,16,17,18). The monoisotopic (exact) mass is 279 g/mol. The third-order valence-corrected chi connectivity index (χ3v) is 4.75. The van der Waals surface area contributed by atoms with E-state index in [1.165, 1.54) is 0 Å². The minimum absolute atomic E-state index is 0.212. The fraction of sp³-hybridized carbons (Fsp3) is 0.857. The van der Waals surface area contributed by atoms with Crippen LogP contribution in [0.25, 0.3) is 0 Å². The zero-order chi connectivity index (χ0) is 14.1. The Balaban J connectivity index is 1.70. The molecule has 2 aliphatic heterocycles. The van der Waals surface area contributed by atoms with Crippen LogP contribution in [0.3, 0.4) is 0 Å². The zero-order valence-corrected chi connectivity index (χ0v) is 12.4. The first-order valence-corrected chi connectivity index (χ1v) is 7.73. The highest BCUT2D eigenvalue weighted by molar-refractivity contribution is 5.31. The summed E-state index contributed by atoms with van der Waals surface area (Å²) < 4.78 is 5.73. The maximum atomic E-state index is 6.15. The number of nitrogens with zero attached hydrogens (tertiary/aromatic N) is 3. The lowest BCUT2D eigenvalue weighted by molar-refractivity contribution is 0.0994. The van der Waals surface area contributed by atoms with Gasteiger partial charge in [-0.2, -0.15) is 4.98 Å². The van der Waals surface area contributed by atoms with Crippen LogP contribution in [0.4, 0.5) is 5.95 Å². The van der Waals surface area contributed by atoms with E-state index < -0.39 is 0 Å². The molecule has 0 aromatic carbocycles. The highest BCUT2D eigenvalue weighted by Gasteiger charge is 2.32. The average Bonchev–Trinajstić information content (AvgIpc) is 3.09. The number of ether oxygens (including phenoxy) is 1. The predicted molar refractivity (Wildman–Crippen MR) is 77.7 cm³/mol. The van der Waals surface area contributed by atoms with Gasteiger partial charge in [0.1, 0.15) is 5.82 Å². The molecule has 112 valence electrons. The highest BCUT2D eigenvalue weighted by atomic mass is 16.5. The van der Waals surface area contributed by atoms with Gasteiger partial charge in [-0.25, -0.2) is 0 Å². The van der Waals surface area contributed by atoms with E-state index in [0.29, 0.717) is 11.8 Å². The Morgan fingerprint density at radius 1 is 1.45 bits per heavy atom. The summed E-state index contributed by atoms with van der Waals surface area (Å²) in [5.41, 5.74) is 6.15. The molecule has 2 aliphatic rings. The Hall–Kier alpha value is -1.14. The molecule has 4 unspecified atom stereocenters. The first-order chi connectivity index (χ1) is 9.69. The fourth-order valence-electron chi connectivity index (χ4n) is 3.22. The number of hydrogen-bond acceptors (Lipinski definition) is 5. The molecule has 0 amide bonds. The van der Waals surface area contributed by atoms with Crippen molar-refractivity contribution in [3.05, 3.63) is 5.82 Å². The number of rotatable bonds is 3. The van der Waals surface area contributed by atoms with E-state index in [0.717, 1.165) is 50.7 Å². The van der Waals surface area contributed by atoms with Crippen LogP contribution in [-0.2, 0) is 4.74 Å². The maximum absolute atomic E-state index is 6.15. The molecule has 1 aromatic heterocycles. The van der Waals surface area contributed by atoms with Crippen molar-refractivity contribution in [1.29, 1.82) is 0 Å². The molecular formula is C14H25N5O. The molecule has 0 bridgehead atoms. The molecule has 1 aromatic rings. The SMILES string of the molecule is CCC1OCCC1c1nc(N2CCC(C)C(N)C2)n[nH]1. The molecule has 3 heterocycles. The second-order valence-electron chi connectivity index (χ2n) is 6.11. The summed E-state index contributed by atoms with van der Waals surface area (Å²) in [6.45, 7) is 7.03. The lowest BCUT2D eigenvalue weighted by atomic mass is 9.94. The number of hydrogen-bond donors (Lipinski definition) is 2. The molecule has 0 saturated carbocycles. The van der Waals surface area contributed by atoms with E-state index in [9.17, 15) is 0 Å². The molecule has 0 spiro atoms. The van der Waals surface area contributed by atoms with Gasteiger partial charge in [-0.05, 0) is 25.2 Å². The van der Waals surface area contributed by atoms with Crippen LogP contribution >= 0.6 is 0 Å². The summed E-state index contributed by atoms with van der Waals surface area (Å²) in [5, 5.41) is 7.50. The molecule has 4 atom stereocenters. The minimum atomic E-state index is 0.212. The molecule has 2 fully saturated rings. The van der Waals surface area contributed by atoms with E-state index in [4.69, 9.17) is 15.5 Å². The third kappa shape index (κ3) is 2.54. The van der Waals surface area contributed by atoms with Gasteiger partial charge in [0.05, 0.1) is 6.10 Å². The smallest absolute Gasteiger partial charge is 0.244 e. The second kappa shape index (κ2) is 5.69. The molecular weight excluding hydrogens is 254 g/mol. The predicted octanol–water partition coefficient (Wildman–Crippen LogP) is 1.26. The van der Waals surface area contributed by atoms with Crippen LogP contribution in [0.2, 0.25) is 0 Å². The summed E-state index contributed by atoms with van der Waals surface area (Å²) in [6.07, 6.45) is 3.44. The van der Waals surface area contributed by atoms with Gasteiger partial charge in [0.15, 0.2) is 0 Å². The second-order valence-corrected chi connectivity index (χ2v) is 6.11. The van der Waals surface area contributed by atoms with Gasteiger partial charge in [-0.15, -0.1) is 5.10 Å². The lowest BCUT2D eigenvalue weighted by Gasteiger charge is -2.34. The van der Waals surface area contributed by atoms with Crippen molar-refractivity contribution < 1.29 is 4.74 Å². The van der Waals surface area contributed by atoms with E-state index in [1.54, 1.807) is 0 Å². The van der Waals surface area contributed by atoms with Crippen LogP contribution in [0.5, 0.6) is 0 Å². The topological polar surface area (TPSA) is 80.1 Å². The van der Waals surface area contributed by atoms with Crippen molar-refractivity contribution in [2.75, 3.05) is 24.6 Å². The summed E-state index contributed by atoms with van der Waals surface area (Å²) in [6, 6.07) is 0.212. The van der Waals surface area contributed by atoms with Crippen LogP contribution < -0.4 is 10.6 Å². The fourth-order valence-corrected chi connectivity index (χ4v) is 3.22. The van der Waals surface area contributed by atoms with Crippen LogP contribution in [-0.4, -0.2) is 47.0 Å². The Morgan fingerprint density at radius 3 is 3.05 bits per heavy atom. The normalized spacial score (nSPS) is 34.6. The molecule has 6 heteroatoms. The Bertz CT molecular complexity index is 449. The number of anilines is 1. The quantitative estimate of drug-likeness (QED) is 0.870. The van der Waals surface area contributed by atoms with Crippen molar-refractivity contribution in [2.45, 2.75) is 51.2 Å². The van der Waals surface area contributed by atoms with Crippen molar-refractivity contribution in [3.63, 3.8) is 0 Å². The minimum Gasteiger partial charge on any atom is -0.377 e. The molecule has 20 heavy (non-hydrogen) atoms. The lowest BCUT2D eigenvalue weighted by Crippen LogP contribution is -2.48. The molecule has 6 nitrogen and oxygen atoms in total. The van der Waals surface area contributed by atoms with Crippen molar-refractivity contribution in [1.82, 2.24) is 15.2 Å². The molecule has 3 rings (SSSR count). The van der Waals surface area contributed by atoms with Gasteiger partial charge < -0.3 is 15.4 Å². The van der Waals surface area contributed by atoms with E-state index >= 15 is 0 Å². The van der Waals surface area contributed by atoms with E-state index in [2.05, 4.69) is 28.9 Å². The van der Waals surface area contributed by atoms with Crippen molar-refractivity contribution >= 4 is 5.95 Å². The van der Waals surface area contributed by atoms with Crippen molar-refractivity contribution in [3.8, 4) is 0 Å². The van der Waals surface area contributed by atoms with Crippen molar-refractivity contribution in [2.24, 2.45) is 11.7 Å². The number of H-pyrrole nitrogens is 1. The number of piperidine rings is 1. The first kappa shape index (κ1) is 13.8. The molecule has 2 saturated heterocycles. The Morgan fingerprint density at radius 2 is 2.30 bits per heavy atom. The molecule has 0 aliphatic carbocycles. The van der Waals surface area contributed by atoms with Gasteiger partial charge in [-0.1, -0.05) is 13.8 Å². The molecule has 0 radical (unpaired) electrons. The van der Waals surface area contributed by atoms with E-state index in [1.807, 2.05) is 0 Å². The Kier molecular flexibility index (Phi) is 3.94. The van der Waals surface area contributed by atoms with Gasteiger partial charge >= 0.3 is 0 Å². The number of aromatic nitrogens is 3. The average molecular weight is 279 g/mol. The summed E-state index contributed by atoms with van der Waals surface area (Å²) in [5.74, 6) is 2.71. The number of aromatic amines is 1. The first-order valence-electron chi connectivity index (χ1n) is 7.73. The van der Waals surface area contributed by atoms with Crippen LogP contribution in [0.15, 0.2) is 0 Å². The molecule has 3 N–H and O–H groups in total. The van der Waals surface area contributed by atoms with Gasteiger partial charge in [0, 0.05) is 31.7 Å². The third-order valence-electron chi connectivity index (χ3n) is 4.75. The largest absolute Gasteiger partial charge is 0.377 e. The van der Waals surface area contributed by atoms with Gasteiger partial charge in [0.2, 0.25) is 5.95 Å². The summed E-state index contributed by atoms with van der Waals surface area (Å²) in [7, 11) is 0. The van der Waals surface area contributed by atoms with E-state index in [-0.39, 0.29) is 12.1 Å². The van der Waals surface area contributed by atoms with Gasteiger partial charge in [0.25, 0.3) is 0 Å². The number of nitrogens with two attached hydrogens (primary N) is 1.